The highest BCUT2D eigenvalue weighted by Crippen LogP contribution is 2.34. The van der Waals surface area contributed by atoms with Crippen molar-refractivity contribution in [2.75, 3.05) is 6.54 Å². The third-order valence-electron chi connectivity index (χ3n) is 3.74. The highest BCUT2D eigenvalue weighted by molar-refractivity contribution is 7.88. The summed E-state index contributed by atoms with van der Waals surface area (Å²) in [5, 5.41) is 0. The summed E-state index contributed by atoms with van der Waals surface area (Å²) in [7, 11) is -5.80. The minimum absolute atomic E-state index is 0.103. The van der Waals surface area contributed by atoms with Crippen LogP contribution in [0.4, 0.5) is 18.0 Å². The Morgan fingerprint density at radius 1 is 1.15 bits per heavy atom. The predicted octanol–water partition coefficient (Wildman–Crippen LogP) is 3.52. The maximum atomic E-state index is 12.6. The number of nitrogens with zero attached hydrogens (tertiary/aromatic N) is 1. The van der Waals surface area contributed by atoms with Crippen LogP contribution in [-0.4, -0.2) is 37.1 Å². The molecular formula is C16H20F3NO5S. The van der Waals surface area contributed by atoms with Gasteiger partial charge in [-0.15, -0.1) is 0 Å². The molecule has 1 aromatic carbocycles. The number of fused-ring (bicyclic) bond motifs is 1. The second kappa shape index (κ2) is 6.64. The number of benzene rings is 1. The van der Waals surface area contributed by atoms with Gasteiger partial charge in [-0.25, -0.2) is 4.79 Å². The minimum atomic E-state index is -5.80. The van der Waals surface area contributed by atoms with Crippen molar-refractivity contribution in [2.24, 2.45) is 0 Å². The molecule has 0 radical (unpaired) electrons. The first kappa shape index (κ1) is 20.3. The second-order valence-corrected chi connectivity index (χ2v) is 8.51. The van der Waals surface area contributed by atoms with Gasteiger partial charge in [0, 0.05) is 12.1 Å². The van der Waals surface area contributed by atoms with Crippen molar-refractivity contribution in [3.05, 3.63) is 28.8 Å². The molecule has 146 valence electrons. The lowest BCUT2D eigenvalue weighted by atomic mass is 9.94. The average molecular weight is 395 g/mol. The number of hydrogen-bond acceptors (Lipinski definition) is 5. The maximum Gasteiger partial charge on any atom is 0.534 e. The summed E-state index contributed by atoms with van der Waals surface area (Å²) >= 11 is 0. The number of hydrogen-bond donors (Lipinski definition) is 0. The number of carbonyl (C=O) groups is 1. The molecule has 1 amide bonds. The molecule has 0 aromatic heterocycles. The van der Waals surface area contributed by atoms with Gasteiger partial charge >= 0.3 is 21.7 Å². The fourth-order valence-corrected chi connectivity index (χ4v) is 3.04. The predicted molar refractivity (Wildman–Crippen MR) is 87.1 cm³/mol. The molecule has 1 aromatic rings. The summed E-state index contributed by atoms with van der Waals surface area (Å²) in [5.74, 6) is -0.434. The Morgan fingerprint density at radius 2 is 1.77 bits per heavy atom. The standard InChI is InChI=1S/C16H20F3NO5S/c1-10-5-6-13(25-26(22,23)16(17,18)19)12-9-20(8-7-11(10)12)14(21)24-15(2,3)4/h5-6H,7-9H2,1-4H3. The third-order valence-corrected chi connectivity index (χ3v) is 4.70. The molecule has 26 heavy (non-hydrogen) atoms. The Bertz CT molecular complexity index is 812. The lowest BCUT2D eigenvalue weighted by Gasteiger charge is -2.32. The first-order valence-corrected chi connectivity index (χ1v) is 9.22. The second-order valence-electron chi connectivity index (χ2n) is 6.97. The summed E-state index contributed by atoms with van der Waals surface area (Å²) in [6.07, 6.45) is -0.279. The monoisotopic (exact) mass is 395 g/mol. The molecule has 1 aliphatic rings. The summed E-state index contributed by atoms with van der Waals surface area (Å²) in [6, 6.07) is 2.65. The molecule has 0 N–H and O–H groups in total. The van der Waals surface area contributed by atoms with Crippen molar-refractivity contribution in [1.82, 2.24) is 4.90 Å². The van der Waals surface area contributed by atoms with E-state index in [0.29, 0.717) is 18.5 Å². The SMILES string of the molecule is Cc1ccc(OS(=O)(=O)C(F)(F)F)c2c1CCN(C(=O)OC(C)(C)C)C2. The van der Waals surface area contributed by atoms with Crippen LogP contribution in [0.5, 0.6) is 5.75 Å². The summed E-state index contributed by atoms with van der Waals surface area (Å²) in [6.45, 7) is 7.03. The van der Waals surface area contributed by atoms with Crippen LogP contribution in [-0.2, 0) is 27.8 Å². The van der Waals surface area contributed by atoms with E-state index in [1.807, 2.05) is 0 Å². The van der Waals surface area contributed by atoms with Gasteiger partial charge in [-0.1, -0.05) is 6.07 Å². The minimum Gasteiger partial charge on any atom is -0.444 e. The van der Waals surface area contributed by atoms with Gasteiger partial charge in [0.2, 0.25) is 0 Å². The molecule has 2 rings (SSSR count). The molecular weight excluding hydrogens is 375 g/mol. The lowest BCUT2D eigenvalue weighted by Crippen LogP contribution is -2.40. The molecule has 0 fully saturated rings. The molecule has 1 heterocycles. The van der Waals surface area contributed by atoms with Crippen LogP contribution in [0, 0.1) is 6.92 Å². The topological polar surface area (TPSA) is 72.9 Å². The van der Waals surface area contributed by atoms with Crippen molar-refractivity contribution in [3.63, 3.8) is 0 Å². The Labute approximate surface area is 150 Å². The Morgan fingerprint density at radius 3 is 2.31 bits per heavy atom. The Hall–Kier alpha value is -1.97. The van der Waals surface area contributed by atoms with Gasteiger partial charge in [0.15, 0.2) is 0 Å². The van der Waals surface area contributed by atoms with Gasteiger partial charge in [0.05, 0.1) is 6.54 Å². The van der Waals surface area contributed by atoms with Gasteiger partial charge in [-0.05, 0) is 51.3 Å². The third kappa shape index (κ3) is 4.40. The van der Waals surface area contributed by atoms with Gasteiger partial charge in [-0.3, -0.25) is 0 Å². The molecule has 10 heteroatoms. The lowest BCUT2D eigenvalue weighted by molar-refractivity contribution is -0.0500. The van der Waals surface area contributed by atoms with Crippen molar-refractivity contribution >= 4 is 16.2 Å². The summed E-state index contributed by atoms with van der Waals surface area (Å²) in [5.41, 5.74) is -4.59. The van der Waals surface area contributed by atoms with E-state index in [2.05, 4.69) is 4.18 Å². The molecule has 0 aliphatic carbocycles. The van der Waals surface area contributed by atoms with Crippen LogP contribution in [0.25, 0.3) is 0 Å². The quantitative estimate of drug-likeness (QED) is 0.566. The van der Waals surface area contributed by atoms with E-state index in [-0.39, 0.29) is 12.1 Å². The van der Waals surface area contributed by atoms with E-state index in [9.17, 15) is 26.4 Å². The molecule has 0 spiro atoms. The number of aryl methyl sites for hydroxylation is 1. The van der Waals surface area contributed by atoms with E-state index in [1.165, 1.54) is 11.0 Å². The van der Waals surface area contributed by atoms with Gasteiger partial charge in [-0.2, -0.15) is 21.6 Å². The fraction of sp³-hybridized carbons (Fsp3) is 0.562. The van der Waals surface area contributed by atoms with E-state index in [1.54, 1.807) is 27.7 Å². The van der Waals surface area contributed by atoms with Crippen LogP contribution in [0.3, 0.4) is 0 Å². The molecule has 0 saturated heterocycles. The first-order chi connectivity index (χ1) is 11.7. The number of ether oxygens (including phenoxy) is 1. The van der Waals surface area contributed by atoms with Crippen LogP contribution < -0.4 is 4.18 Å². The number of halogens is 3. The number of amides is 1. The van der Waals surface area contributed by atoms with Crippen molar-refractivity contribution in [2.45, 2.75) is 51.8 Å². The molecule has 1 aliphatic heterocycles. The largest absolute Gasteiger partial charge is 0.534 e. The van der Waals surface area contributed by atoms with Crippen molar-refractivity contribution in [3.8, 4) is 5.75 Å². The first-order valence-electron chi connectivity index (χ1n) is 7.81. The molecule has 0 bridgehead atoms. The maximum absolute atomic E-state index is 12.6. The van der Waals surface area contributed by atoms with Gasteiger partial charge in [0.1, 0.15) is 11.4 Å². The van der Waals surface area contributed by atoms with Crippen molar-refractivity contribution in [1.29, 1.82) is 0 Å². The highest BCUT2D eigenvalue weighted by Gasteiger charge is 2.49. The zero-order valence-corrected chi connectivity index (χ0v) is 15.6. The zero-order valence-electron chi connectivity index (χ0n) is 14.8. The molecule has 0 unspecified atom stereocenters. The van der Waals surface area contributed by atoms with Crippen LogP contribution >= 0.6 is 0 Å². The molecule has 0 atom stereocenters. The van der Waals surface area contributed by atoms with Crippen LogP contribution in [0.2, 0.25) is 0 Å². The van der Waals surface area contributed by atoms with Crippen molar-refractivity contribution < 1.29 is 35.3 Å². The van der Waals surface area contributed by atoms with E-state index in [4.69, 9.17) is 4.74 Å². The zero-order chi connectivity index (χ0) is 19.9. The Kier molecular flexibility index (Phi) is 5.19. The van der Waals surface area contributed by atoms with Crippen LogP contribution in [0.15, 0.2) is 12.1 Å². The molecule has 6 nitrogen and oxygen atoms in total. The van der Waals surface area contributed by atoms with Crippen LogP contribution in [0.1, 0.15) is 37.5 Å². The molecule has 0 saturated carbocycles. The summed E-state index contributed by atoms with van der Waals surface area (Å²) in [4.78, 5) is 13.5. The van der Waals surface area contributed by atoms with Gasteiger partial charge in [0.25, 0.3) is 0 Å². The highest BCUT2D eigenvalue weighted by atomic mass is 32.2. The van der Waals surface area contributed by atoms with E-state index in [0.717, 1.165) is 11.6 Å². The number of rotatable bonds is 2. The smallest absolute Gasteiger partial charge is 0.444 e. The van der Waals surface area contributed by atoms with E-state index < -0.39 is 33.1 Å². The van der Waals surface area contributed by atoms with Gasteiger partial charge < -0.3 is 13.8 Å². The summed E-state index contributed by atoms with van der Waals surface area (Å²) < 4.78 is 70.1. The Balaban J connectivity index is 2.35. The average Bonchev–Trinajstić information content (AvgIpc) is 2.47. The normalized spacial score (nSPS) is 15.4. The number of alkyl halides is 3. The number of carbonyl (C=O) groups excluding carboxylic acids is 1. The fourth-order valence-electron chi connectivity index (χ4n) is 2.55. The van der Waals surface area contributed by atoms with E-state index >= 15 is 0 Å².